The van der Waals surface area contributed by atoms with Gasteiger partial charge in [0.2, 0.25) is 0 Å². The highest BCUT2D eigenvalue weighted by molar-refractivity contribution is 6.34. The standard InChI is InChI=1S/C13H8Cl2FNO2/c14-9-6-7(4-5-11(9)18)17-13(19)8-2-1-3-10(16)12(8)15/h1-6,18H,(H,17,19). The number of rotatable bonds is 2. The fourth-order valence-corrected chi connectivity index (χ4v) is 1.85. The van der Waals surface area contributed by atoms with Gasteiger partial charge in [0.1, 0.15) is 11.6 Å². The van der Waals surface area contributed by atoms with Crippen LogP contribution in [0.4, 0.5) is 10.1 Å². The largest absolute Gasteiger partial charge is 0.506 e. The molecular formula is C13H8Cl2FNO2. The Hall–Kier alpha value is -1.78. The van der Waals surface area contributed by atoms with Gasteiger partial charge in [0.05, 0.1) is 15.6 Å². The minimum Gasteiger partial charge on any atom is -0.506 e. The highest BCUT2D eigenvalue weighted by atomic mass is 35.5. The summed E-state index contributed by atoms with van der Waals surface area (Å²) in [7, 11) is 0. The van der Waals surface area contributed by atoms with Gasteiger partial charge in [0, 0.05) is 5.69 Å². The number of phenolic OH excluding ortho intramolecular Hbond substituents is 1. The number of benzene rings is 2. The molecule has 0 aliphatic carbocycles. The molecule has 6 heteroatoms. The quantitative estimate of drug-likeness (QED) is 0.821. The van der Waals surface area contributed by atoms with Crippen molar-refractivity contribution in [2.75, 3.05) is 5.32 Å². The summed E-state index contributed by atoms with van der Waals surface area (Å²) in [6.45, 7) is 0. The first-order valence-corrected chi connectivity index (χ1v) is 5.98. The number of anilines is 1. The van der Waals surface area contributed by atoms with Gasteiger partial charge in [-0.3, -0.25) is 4.79 Å². The molecule has 3 nitrogen and oxygen atoms in total. The molecule has 1 amide bonds. The SMILES string of the molecule is O=C(Nc1ccc(O)c(Cl)c1)c1cccc(F)c1Cl. The maximum Gasteiger partial charge on any atom is 0.257 e. The molecule has 0 saturated heterocycles. The molecule has 0 radical (unpaired) electrons. The van der Waals surface area contributed by atoms with Crippen LogP contribution in [-0.2, 0) is 0 Å². The number of aromatic hydroxyl groups is 1. The van der Waals surface area contributed by atoms with Crippen LogP contribution >= 0.6 is 23.2 Å². The summed E-state index contributed by atoms with van der Waals surface area (Å²) >= 11 is 11.4. The average Bonchev–Trinajstić information content (AvgIpc) is 2.37. The molecule has 0 atom stereocenters. The molecule has 2 aromatic rings. The van der Waals surface area contributed by atoms with Crippen molar-refractivity contribution in [1.82, 2.24) is 0 Å². The molecule has 0 bridgehead atoms. The number of amides is 1. The molecule has 0 fully saturated rings. The fourth-order valence-electron chi connectivity index (χ4n) is 1.46. The normalized spacial score (nSPS) is 10.3. The topological polar surface area (TPSA) is 49.3 Å². The Bertz CT molecular complexity index is 647. The summed E-state index contributed by atoms with van der Waals surface area (Å²) in [5, 5.41) is 11.6. The minimum absolute atomic E-state index is 0.0193. The van der Waals surface area contributed by atoms with E-state index in [-0.39, 0.29) is 21.4 Å². The highest BCUT2D eigenvalue weighted by Crippen LogP contribution is 2.27. The maximum atomic E-state index is 13.2. The molecule has 0 aliphatic heterocycles. The molecule has 19 heavy (non-hydrogen) atoms. The Morgan fingerprint density at radius 3 is 2.63 bits per heavy atom. The van der Waals surface area contributed by atoms with Gasteiger partial charge in [-0.25, -0.2) is 4.39 Å². The Kier molecular flexibility index (Phi) is 3.93. The monoisotopic (exact) mass is 299 g/mol. The summed E-state index contributed by atoms with van der Waals surface area (Å²) in [6, 6.07) is 8.14. The van der Waals surface area contributed by atoms with Crippen LogP contribution in [0.1, 0.15) is 10.4 Å². The van der Waals surface area contributed by atoms with Crippen LogP contribution < -0.4 is 5.32 Å². The number of halogens is 3. The minimum atomic E-state index is -0.668. The van der Waals surface area contributed by atoms with Crippen molar-refractivity contribution in [3.63, 3.8) is 0 Å². The average molecular weight is 300 g/mol. The van der Waals surface area contributed by atoms with E-state index in [0.29, 0.717) is 5.69 Å². The van der Waals surface area contributed by atoms with Crippen LogP contribution in [0.3, 0.4) is 0 Å². The van der Waals surface area contributed by atoms with Crippen LogP contribution in [0.15, 0.2) is 36.4 Å². The molecular weight excluding hydrogens is 292 g/mol. The van der Waals surface area contributed by atoms with Gasteiger partial charge in [0.25, 0.3) is 5.91 Å². The lowest BCUT2D eigenvalue weighted by molar-refractivity contribution is 0.102. The number of carbonyl (C=O) groups excluding carboxylic acids is 1. The zero-order chi connectivity index (χ0) is 14.0. The predicted molar refractivity (Wildman–Crippen MR) is 72.5 cm³/mol. The maximum absolute atomic E-state index is 13.2. The number of nitrogens with one attached hydrogen (secondary N) is 1. The van der Waals surface area contributed by atoms with Gasteiger partial charge in [-0.1, -0.05) is 29.3 Å². The Morgan fingerprint density at radius 1 is 1.21 bits per heavy atom. The van der Waals surface area contributed by atoms with Crippen molar-refractivity contribution >= 4 is 34.8 Å². The molecule has 0 spiro atoms. The number of phenols is 1. The van der Waals surface area contributed by atoms with Crippen molar-refractivity contribution in [3.05, 3.63) is 57.8 Å². The van der Waals surface area contributed by atoms with Crippen molar-refractivity contribution < 1.29 is 14.3 Å². The van der Waals surface area contributed by atoms with E-state index in [0.717, 1.165) is 6.07 Å². The fraction of sp³-hybridized carbons (Fsp3) is 0. The van der Waals surface area contributed by atoms with Crippen molar-refractivity contribution in [2.24, 2.45) is 0 Å². The molecule has 0 aliphatic rings. The molecule has 2 N–H and O–H groups in total. The summed E-state index contributed by atoms with van der Waals surface area (Å²) in [6.07, 6.45) is 0. The van der Waals surface area contributed by atoms with E-state index in [1.165, 1.54) is 30.3 Å². The summed E-state index contributed by atoms with van der Waals surface area (Å²) in [5.74, 6) is -1.33. The third kappa shape index (κ3) is 2.97. The third-order valence-corrected chi connectivity index (χ3v) is 3.09. The smallest absolute Gasteiger partial charge is 0.257 e. The van der Waals surface area contributed by atoms with Crippen LogP contribution in [-0.4, -0.2) is 11.0 Å². The van der Waals surface area contributed by atoms with Crippen LogP contribution in [0.2, 0.25) is 10.0 Å². The van der Waals surface area contributed by atoms with E-state index in [4.69, 9.17) is 23.2 Å². The van der Waals surface area contributed by atoms with E-state index in [2.05, 4.69) is 5.32 Å². The molecule has 98 valence electrons. The highest BCUT2D eigenvalue weighted by Gasteiger charge is 2.14. The summed E-state index contributed by atoms with van der Waals surface area (Å²) < 4.78 is 13.2. The zero-order valence-electron chi connectivity index (χ0n) is 9.45. The summed E-state index contributed by atoms with van der Waals surface area (Å²) in [4.78, 5) is 11.9. The van der Waals surface area contributed by atoms with Crippen molar-refractivity contribution in [1.29, 1.82) is 0 Å². The van der Waals surface area contributed by atoms with Gasteiger partial charge in [-0.2, -0.15) is 0 Å². The van der Waals surface area contributed by atoms with E-state index in [1.54, 1.807) is 0 Å². The van der Waals surface area contributed by atoms with Gasteiger partial charge >= 0.3 is 0 Å². The van der Waals surface area contributed by atoms with E-state index >= 15 is 0 Å². The summed E-state index contributed by atoms with van der Waals surface area (Å²) in [5.41, 5.74) is 0.388. The first-order valence-electron chi connectivity index (χ1n) is 5.23. The second kappa shape index (κ2) is 5.47. The first-order chi connectivity index (χ1) is 8.99. The van der Waals surface area contributed by atoms with Crippen molar-refractivity contribution in [2.45, 2.75) is 0 Å². The second-order valence-electron chi connectivity index (χ2n) is 3.72. The molecule has 0 heterocycles. The van der Waals surface area contributed by atoms with Gasteiger partial charge in [0.15, 0.2) is 0 Å². The van der Waals surface area contributed by atoms with Gasteiger partial charge in [-0.15, -0.1) is 0 Å². The lowest BCUT2D eigenvalue weighted by Gasteiger charge is -2.08. The molecule has 2 rings (SSSR count). The van der Waals surface area contributed by atoms with E-state index in [1.807, 2.05) is 0 Å². The number of carbonyl (C=O) groups is 1. The molecule has 0 unspecified atom stereocenters. The molecule has 0 aromatic heterocycles. The first kappa shape index (κ1) is 13.6. The number of hydrogen-bond acceptors (Lipinski definition) is 2. The number of hydrogen-bond donors (Lipinski definition) is 2. The predicted octanol–water partition coefficient (Wildman–Crippen LogP) is 4.09. The molecule has 0 saturated carbocycles. The van der Waals surface area contributed by atoms with Crippen molar-refractivity contribution in [3.8, 4) is 5.75 Å². The van der Waals surface area contributed by atoms with Crippen LogP contribution in [0.5, 0.6) is 5.75 Å². The Labute approximate surface area is 118 Å². The van der Waals surface area contributed by atoms with Crippen LogP contribution in [0.25, 0.3) is 0 Å². The second-order valence-corrected chi connectivity index (χ2v) is 4.51. The zero-order valence-corrected chi connectivity index (χ0v) is 11.0. The third-order valence-electron chi connectivity index (χ3n) is 2.40. The molecule has 2 aromatic carbocycles. The van der Waals surface area contributed by atoms with Crippen LogP contribution in [0, 0.1) is 5.82 Å². The Morgan fingerprint density at radius 2 is 1.95 bits per heavy atom. The van der Waals surface area contributed by atoms with Gasteiger partial charge in [-0.05, 0) is 30.3 Å². The van der Waals surface area contributed by atoms with E-state index in [9.17, 15) is 14.3 Å². The lowest BCUT2D eigenvalue weighted by atomic mass is 10.2. The lowest BCUT2D eigenvalue weighted by Crippen LogP contribution is -2.12. The van der Waals surface area contributed by atoms with E-state index < -0.39 is 11.7 Å². The van der Waals surface area contributed by atoms with Gasteiger partial charge < -0.3 is 10.4 Å². The Balaban J connectivity index is 2.26.